The normalized spacial score (nSPS) is 23.0. The Hall–Kier alpha value is -0.680. The summed E-state index contributed by atoms with van der Waals surface area (Å²) in [5.41, 5.74) is 3.61. The zero-order valence-electron chi connectivity index (χ0n) is 9.03. The lowest BCUT2D eigenvalue weighted by atomic mass is 9.91. The van der Waals surface area contributed by atoms with E-state index in [4.69, 9.17) is 22.2 Å². The van der Waals surface area contributed by atoms with Gasteiger partial charge in [0.25, 0.3) is 0 Å². The Morgan fingerprint density at radius 3 is 3.12 bits per heavy atom. The lowest BCUT2D eigenvalue weighted by Crippen LogP contribution is -2.37. The van der Waals surface area contributed by atoms with Crippen LogP contribution in [0.2, 0.25) is 5.02 Å². The lowest BCUT2D eigenvalue weighted by molar-refractivity contribution is 0.0384. The molecular formula is C11H16ClN3O. The Balaban J connectivity index is 2.18. The lowest BCUT2D eigenvalue weighted by Gasteiger charge is -2.29. The van der Waals surface area contributed by atoms with E-state index >= 15 is 0 Å². The SMILES string of the molecule is NNC(c1ncccc1Cl)C1CCCOC1. The summed E-state index contributed by atoms with van der Waals surface area (Å²) in [7, 11) is 0. The highest BCUT2D eigenvalue weighted by Gasteiger charge is 2.27. The first-order valence-electron chi connectivity index (χ1n) is 5.47. The highest BCUT2D eigenvalue weighted by Crippen LogP contribution is 2.30. The molecule has 0 bridgehead atoms. The second-order valence-corrected chi connectivity index (χ2v) is 4.40. The number of nitrogens with one attached hydrogen (secondary N) is 1. The van der Waals surface area contributed by atoms with Crippen molar-refractivity contribution < 1.29 is 4.74 Å². The molecule has 0 saturated carbocycles. The Morgan fingerprint density at radius 2 is 2.50 bits per heavy atom. The number of aromatic nitrogens is 1. The van der Waals surface area contributed by atoms with Crippen molar-refractivity contribution in [1.82, 2.24) is 10.4 Å². The molecule has 0 spiro atoms. The third kappa shape index (κ3) is 2.52. The van der Waals surface area contributed by atoms with E-state index in [9.17, 15) is 0 Å². The minimum Gasteiger partial charge on any atom is -0.381 e. The number of nitrogens with two attached hydrogens (primary N) is 1. The molecule has 2 heterocycles. The van der Waals surface area contributed by atoms with E-state index in [-0.39, 0.29) is 6.04 Å². The topological polar surface area (TPSA) is 60.2 Å². The molecule has 5 heteroatoms. The molecule has 1 aliphatic heterocycles. The highest BCUT2D eigenvalue weighted by atomic mass is 35.5. The molecule has 16 heavy (non-hydrogen) atoms. The van der Waals surface area contributed by atoms with Gasteiger partial charge in [-0.25, -0.2) is 0 Å². The van der Waals surface area contributed by atoms with Crippen molar-refractivity contribution in [3.8, 4) is 0 Å². The van der Waals surface area contributed by atoms with E-state index in [0.29, 0.717) is 17.5 Å². The van der Waals surface area contributed by atoms with Gasteiger partial charge in [-0.1, -0.05) is 11.6 Å². The average molecular weight is 242 g/mol. The molecule has 1 aliphatic rings. The Labute approximate surface area is 100 Å². The molecule has 1 fully saturated rings. The van der Waals surface area contributed by atoms with Gasteiger partial charge in [-0.2, -0.15) is 0 Å². The first-order chi connectivity index (χ1) is 7.83. The summed E-state index contributed by atoms with van der Waals surface area (Å²) in [5, 5.41) is 0.649. The number of hydrazine groups is 1. The zero-order valence-corrected chi connectivity index (χ0v) is 9.78. The molecule has 1 aromatic rings. The fourth-order valence-electron chi connectivity index (χ4n) is 2.09. The maximum atomic E-state index is 6.12. The van der Waals surface area contributed by atoms with Gasteiger partial charge < -0.3 is 4.74 Å². The standard InChI is InChI=1S/C11H16ClN3O/c12-9-4-1-5-14-11(9)10(15-13)8-3-2-6-16-7-8/h1,4-5,8,10,15H,2-3,6-7,13H2. The molecule has 2 atom stereocenters. The van der Waals surface area contributed by atoms with Gasteiger partial charge in [0.05, 0.1) is 23.4 Å². The third-order valence-corrected chi connectivity index (χ3v) is 3.25. The molecule has 0 aliphatic carbocycles. The maximum absolute atomic E-state index is 6.12. The second kappa shape index (κ2) is 5.59. The van der Waals surface area contributed by atoms with Gasteiger partial charge in [0, 0.05) is 18.7 Å². The average Bonchev–Trinajstić information content (AvgIpc) is 2.34. The number of pyridine rings is 1. The first kappa shape index (κ1) is 11.8. The largest absolute Gasteiger partial charge is 0.381 e. The quantitative estimate of drug-likeness (QED) is 0.624. The molecule has 2 rings (SSSR count). The summed E-state index contributed by atoms with van der Waals surface area (Å²) in [6.07, 6.45) is 3.88. The van der Waals surface area contributed by atoms with Crippen LogP contribution >= 0.6 is 11.6 Å². The van der Waals surface area contributed by atoms with Crippen molar-refractivity contribution in [2.45, 2.75) is 18.9 Å². The number of hydrogen-bond acceptors (Lipinski definition) is 4. The summed E-state index contributed by atoms with van der Waals surface area (Å²) in [4.78, 5) is 4.29. The monoisotopic (exact) mass is 241 g/mol. The van der Waals surface area contributed by atoms with Crippen LogP contribution in [0, 0.1) is 5.92 Å². The number of halogens is 1. The summed E-state index contributed by atoms with van der Waals surface area (Å²) in [6.45, 7) is 1.55. The molecule has 0 aromatic carbocycles. The molecule has 4 nitrogen and oxygen atoms in total. The van der Waals surface area contributed by atoms with Crippen molar-refractivity contribution in [2.24, 2.45) is 11.8 Å². The van der Waals surface area contributed by atoms with Crippen LogP contribution in [0.5, 0.6) is 0 Å². The Bertz CT molecular complexity index is 342. The molecule has 0 amide bonds. The minimum atomic E-state index is -0.0333. The third-order valence-electron chi connectivity index (χ3n) is 2.93. The van der Waals surface area contributed by atoms with E-state index in [1.54, 1.807) is 6.20 Å². The van der Waals surface area contributed by atoms with Gasteiger partial charge in [0.1, 0.15) is 0 Å². The van der Waals surface area contributed by atoms with Gasteiger partial charge in [0.15, 0.2) is 0 Å². The highest BCUT2D eigenvalue weighted by molar-refractivity contribution is 6.31. The van der Waals surface area contributed by atoms with Crippen LogP contribution in [0.4, 0.5) is 0 Å². The predicted molar refractivity (Wildman–Crippen MR) is 62.9 cm³/mol. The Kier molecular flexibility index (Phi) is 4.12. The van der Waals surface area contributed by atoms with Gasteiger partial charge in [0.2, 0.25) is 0 Å². The van der Waals surface area contributed by atoms with Crippen LogP contribution in [0.1, 0.15) is 24.6 Å². The minimum absolute atomic E-state index is 0.0333. The van der Waals surface area contributed by atoms with E-state index < -0.39 is 0 Å². The van der Waals surface area contributed by atoms with Gasteiger partial charge >= 0.3 is 0 Å². The molecule has 3 N–H and O–H groups in total. The summed E-state index contributed by atoms with van der Waals surface area (Å²) in [5.74, 6) is 5.94. The van der Waals surface area contributed by atoms with Crippen LogP contribution in [-0.2, 0) is 4.74 Å². The fraction of sp³-hybridized carbons (Fsp3) is 0.545. The van der Waals surface area contributed by atoms with E-state index in [2.05, 4.69) is 10.4 Å². The van der Waals surface area contributed by atoms with Crippen LogP contribution in [0.3, 0.4) is 0 Å². The molecule has 0 radical (unpaired) electrons. The molecule has 1 aromatic heterocycles. The number of hydrogen-bond donors (Lipinski definition) is 2. The van der Waals surface area contributed by atoms with E-state index in [0.717, 1.165) is 25.1 Å². The summed E-state index contributed by atoms with van der Waals surface area (Å²) in [6, 6.07) is 3.61. The van der Waals surface area contributed by atoms with Gasteiger partial charge in [-0.3, -0.25) is 16.3 Å². The first-order valence-corrected chi connectivity index (χ1v) is 5.85. The Morgan fingerprint density at radius 1 is 1.62 bits per heavy atom. The molecular weight excluding hydrogens is 226 g/mol. The van der Waals surface area contributed by atoms with Crippen molar-refractivity contribution >= 4 is 11.6 Å². The predicted octanol–water partition coefficient (Wildman–Crippen LogP) is 1.67. The summed E-state index contributed by atoms with van der Waals surface area (Å²) >= 11 is 6.12. The van der Waals surface area contributed by atoms with Crippen molar-refractivity contribution in [1.29, 1.82) is 0 Å². The van der Waals surface area contributed by atoms with Crippen LogP contribution < -0.4 is 11.3 Å². The molecule has 1 saturated heterocycles. The molecule has 2 unspecified atom stereocenters. The van der Waals surface area contributed by atoms with Crippen molar-refractivity contribution in [2.75, 3.05) is 13.2 Å². The smallest absolute Gasteiger partial charge is 0.0776 e. The maximum Gasteiger partial charge on any atom is 0.0776 e. The summed E-state index contributed by atoms with van der Waals surface area (Å²) < 4.78 is 5.46. The van der Waals surface area contributed by atoms with E-state index in [1.165, 1.54) is 0 Å². The fourth-order valence-corrected chi connectivity index (χ4v) is 2.33. The van der Waals surface area contributed by atoms with Crippen molar-refractivity contribution in [3.63, 3.8) is 0 Å². The number of rotatable bonds is 3. The zero-order chi connectivity index (χ0) is 11.4. The number of ether oxygens (including phenoxy) is 1. The number of nitrogens with zero attached hydrogens (tertiary/aromatic N) is 1. The second-order valence-electron chi connectivity index (χ2n) is 3.99. The van der Waals surface area contributed by atoms with Gasteiger partial charge in [-0.05, 0) is 25.0 Å². The van der Waals surface area contributed by atoms with Crippen LogP contribution in [0.25, 0.3) is 0 Å². The van der Waals surface area contributed by atoms with E-state index in [1.807, 2.05) is 12.1 Å². The molecule has 88 valence electrons. The van der Waals surface area contributed by atoms with Crippen molar-refractivity contribution in [3.05, 3.63) is 29.0 Å². The van der Waals surface area contributed by atoms with Crippen LogP contribution in [-0.4, -0.2) is 18.2 Å². The van der Waals surface area contributed by atoms with Crippen LogP contribution in [0.15, 0.2) is 18.3 Å². The van der Waals surface area contributed by atoms with Gasteiger partial charge in [-0.15, -0.1) is 0 Å².